The number of benzene rings is 2. The Hall–Kier alpha value is -3.34. The number of rotatable bonds is 3. The van der Waals surface area contributed by atoms with E-state index in [4.69, 9.17) is 0 Å². The average molecular weight is 330 g/mol. The highest BCUT2D eigenvalue weighted by molar-refractivity contribution is 6.04. The summed E-state index contributed by atoms with van der Waals surface area (Å²) in [5, 5.41) is 8.01. The lowest BCUT2D eigenvalue weighted by Crippen LogP contribution is -2.15. The molecule has 0 radical (unpaired) electrons. The van der Waals surface area contributed by atoms with Crippen LogP contribution in [0.25, 0.3) is 22.2 Å². The largest absolute Gasteiger partial charge is 0.355 e. The number of nitrogens with zero attached hydrogens (tertiary/aromatic N) is 2. The van der Waals surface area contributed by atoms with E-state index in [1.54, 1.807) is 24.0 Å². The van der Waals surface area contributed by atoms with Crippen molar-refractivity contribution < 1.29 is 4.79 Å². The second-order valence-electron chi connectivity index (χ2n) is 6.09. The molecule has 4 aromatic rings. The van der Waals surface area contributed by atoms with Crippen LogP contribution in [0.3, 0.4) is 0 Å². The highest BCUT2D eigenvalue weighted by atomic mass is 16.2. The van der Waals surface area contributed by atoms with Gasteiger partial charge in [-0.15, -0.1) is 0 Å². The Morgan fingerprint density at radius 2 is 1.96 bits per heavy atom. The number of nitrogens with one attached hydrogen (secondary N) is 2. The minimum atomic E-state index is -0.172. The molecule has 25 heavy (non-hydrogen) atoms. The molecule has 0 spiro atoms. The third kappa shape index (κ3) is 2.80. The predicted octanol–water partition coefficient (Wildman–Crippen LogP) is 4.13. The van der Waals surface area contributed by atoms with E-state index in [1.165, 1.54) is 11.1 Å². The molecule has 5 heteroatoms. The third-order valence-electron chi connectivity index (χ3n) is 4.37. The average Bonchev–Trinajstić information content (AvgIpc) is 3.20. The molecule has 4 rings (SSSR count). The van der Waals surface area contributed by atoms with E-state index in [0.29, 0.717) is 5.69 Å². The van der Waals surface area contributed by atoms with Gasteiger partial charge in [0.1, 0.15) is 5.69 Å². The van der Waals surface area contributed by atoms with Gasteiger partial charge in [-0.2, -0.15) is 5.10 Å². The molecule has 0 aliphatic rings. The van der Waals surface area contributed by atoms with Gasteiger partial charge in [-0.1, -0.05) is 24.3 Å². The smallest absolute Gasteiger partial charge is 0.273 e. The molecule has 0 bridgehead atoms. The van der Waals surface area contributed by atoms with Crippen LogP contribution in [0.1, 0.15) is 16.1 Å². The fourth-order valence-electron chi connectivity index (χ4n) is 3.02. The summed E-state index contributed by atoms with van der Waals surface area (Å²) in [7, 11) is 1.75. The molecule has 1 amide bonds. The Balaban J connectivity index is 1.66. The first-order valence-corrected chi connectivity index (χ1v) is 8.10. The summed E-state index contributed by atoms with van der Waals surface area (Å²) < 4.78 is 1.56. The van der Waals surface area contributed by atoms with E-state index in [0.717, 1.165) is 22.3 Å². The molecule has 2 N–H and O–H groups in total. The Morgan fingerprint density at radius 1 is 1.12 bits per heavy atom. The van der Waals surface area contributed by atoms with Gasteiger partial charge in [0.25, 0.3) is 5.91 Å². The number of carbonyl (C=O) groups excluding carboxylic acids is 1. The van der Waals surface area contributed by atoms with Crippen molar-refractivity contribution in [2.75, 3.05) is 5.32 Å². The van der Waals surface area contributed by atoms with E-state index in [-0.39, 0.29) is 5.91 Å². The maximum absolute atomic E-state index is 12.3. The maximum Gasteiger partial charge on any atom is 0.273 e. The Labute approximate surface area is 145 Å². The zero-order valence-corrected chi connectivity index (χ0v) is 14.1. The van der Waals surface area contributed by atoms with Gasteiger partial charge in [-0.25, -0.2) is 0 Å². The first-order valence-electron chi connectivity index (χ1n) is 8.10. The number of aromatic amines is 1. The molecular formula is C20H18N4O. The van der Waals surface area contributed by atoms with Gasteiger partial charge in [0, 0.05) is 41.1 Å². The highest BCUT2D eigenvalue weighted by Crippen LogP contribution is 2.28. The van der Waals surface area contributed by atoms with E-state index in [2.05, 4.69) is 40.5 Å². The Kier molecular flexibility index (Phi) is 3.61. The summed E-state index contributed by atoms with van der Waals surface area (Å²) in [5.41, 5.74) is 5.79. The molecule has 5 nitrogen and oxygen atoms in total. The fraction of sp³-hybridized carbons (Fsp3) is 0.100. The van der Waals surface area contributed by atoms with Crippen LogP contribution in [0.2, 0.25) is 0 Å². The van der Waals surface area contributed by atoms with Crippen LogP contribution in [-0.4, -0.2) is 20.7 Å². The molecule has 2 heterocycles. The minimum Gasteiger partial charge on any atom is -0.355 e. The number of hydrogen-bond donors (Lipinski definition) is 2. The van der Waals surface area contributed by atoms with Crippen LogP contribution in [0.4, 0.5) is 5.69 Å². The van der Waals surface area contributed by atoms with E-state index < -0.39 is 0 Å². The third-order valence-corrected chi connectivity index (χ3v) is 4.37. The molecule has 124 valence electrons. The van der Waals surface area contributed by atoms with Crippen molar-refractivity contribution in [2.24, 2.45) is 7.05 Å². The Bertz CT molecular complexity index is 1070. The SMILES string of the molecule is Cc1ccccc1-c1cc2cc(NC(=O)c3ccnn3C)ccc2[nH]1. The molecule has 2 aromatic carbocycles. The number of carbonyl (C=O) groups is 1. The molecule has 0 unspecified atom stereocenters. The summed E-state index contributed by atoms with van der Waals surface area (Å²) in [5.74, 6) is -0.172. The van der Waals surface area contributed by atoms with Gasteiger partial charge in [0.05, 0.1) is 0 Å². The van der Waals surface area contributed by atoms with Crippen LogP contribution < -0.4 is 5.32 Å². The van der Waals surface area contributed by atoms with E-state index in [9.17, 15) is 4.79 Å². The first kappa shape index (κ1) is 15.2. The number of fused-ring (bicyclic) bond motifs is 1. The number of H-pyrrole nitrogens is 1. The summed E-state index contributed by atoms with van der Waals surface area (Å²) in [6, 6.07) is 17.9. The van der Waals surface area contributed by atoms with Gasteiger partial charge in [0.15, 0.2) is 0 Å². The van der Waals surface area contributed by atoms with Crippen molar-refractivity contribution in [1.82, 2.24) is 14.8 Å². The van der Waals surface area contributed by atoms with Crippen molar-refractivity contribution in [3.8, 4) is 11.3 Å². The summed E-state index contributed by atoms with van der Waals surface area (Å²) in [4.78, 5) is 15.8. The van der Waals surface area contributed by atoms with Gasteiger partial charge < -0.3 is 10.3 Å². The molecule has 0 saturated heterocycles. The lowest BCUT2D eigenvalue weighted by Gasteiger charge is -2.05. The topological polar surface area (TPSA) is 62.7 Å². The van der Waals surface area contributed by atoms with Crippen LogP contribution in [0, 0.1) is 6.92 Å². The number of aromatic nitrogens is 3. The number of aryl methyl sites for hydroxylation is 2. The van der Waals surface area contributed by atoms with E-state index >= 15 is 0 Å². The number of amides is 1. The lowest BCUT2D eigenvalue weighted by atomic mass is 10.1. The second kappa shape index (κ2) is 5.94. The molecule has 0 fully saturated rings. The standard InChI is InChI=1S/C20H18N4O/c1-13-5-3-4-6-16(13)18-12-14-11-15(7-8-17(14)23-18)22-20(25)19-9-10-21-24(19)2/h3-12,23H,1-2H3,(H,22,25). The maximum atomic E-state index is 12.3. The van der Waals surface area contributed by atoms with Crippen LogP contribution >= 0.6 is 0 Å². The van der Waals surface area contributed by atoms with Gasteiger partial charge >= 0.3 is 0 Å². The van der Waals surface area contributed by atoms with Crippen molar-refractivity contribution in [3.05, 3.63) is 72.1 Å². The first-order chi connectivity index (χ1) is 12.1. The second-order valence-corrected chi connectivity index (χ2v) is 6.09. The minimum absolute atomic E-state index is 0.172. The quantitative estimate of drug-likeness (QED) is 0.593. The summed E-state index contributed by atoms with van der Waals surface area (Å²) >= 11 is 0. The van der Waals surface area contributed by atoms with Crippen LogP contribution in [0.15, 0.2) is 60.8 Å². The van der Waals surface area contributed by atoms with Gasteiger partial charge in [0.2, 0.25) is 0 Å². The molecule has 0 saturated carbocycles. The van der Waals surface area contributed by atoms with Crippen molar-refractivity contribution in [3.63, 3.8) is 0 Å². The number of anilines is 1. The zero-order chi connectivity index (χ0) is 17.4. The van der Waals surface area contributed by atoms with Gasteiger partial charge in [-0.05, 0) is 42.8 Å². The highest BCUT2D eigenvalue weighted by Gasteiger charge is 2.11. The Morgan fingerprint density at radius 3 is 2.72 bits per heavy atom. The summed E-state index contributed by atoms with van der Waals surface area (Å²) in [6.07, 6.45) is 1.61. The van der Waals surface area contributed by atoms with Crippen LogP contribution in [0.5, 0.6) is 0 Å². The van der Waals surface area contributed by atoms with E-state index in [1.807, 2.05) is 30.3 Å². The van der Waals surface area contributed by atoms with Crippen molar-refractivity contribution >= 4 is 22.5 Å². The summed E-state index contributed by atoms with van der Waals surface area (Å²) in [6.45, 7) is 2.10. The molecule has 0 aliphatic heterocycles. The molecular weight excluding hydrogens is 312 g/mol. The molecule has 2 aromatic heterocycles. The number of hydrogen-bond acceptors (Lipinski definition) is 2. The normalized spacial score (nSPS) is 11.0. The zero-order valence-electron chi connectivity index (χ0n) is 14.1. The monoisotopic (exact) mass is 330 g/mol. The van der Waals surface area contributed by atoms with Crippen LogP contribution in [-0.2, 0) is 7.05 Å². The van der Waals surface area contributed by atoms with Crippen molar-refractivity contribution in [2.45, 2.75) is 6.92 Å². The lowest BCUT2D eigenvalue weighted by molar-refractivity contribution is 0.101. The fourth-order valence-corrected chi connectivity index (χ4v) is 3.02. The van der Waals surface area contributed by atoms with Gasteiger partial charge in [-0.3, -0.25) is 9.48 Å². The molecule has 0 atom stereocenters. The molecule has 0 aliphatic carbocycles. The predicted molar refractivity (Wildman–Crippen MR) is 99.6 cm³/mol. The van der Waals surface area contributed by atoms with Crippen molar-refractivity contribution in [1.29, 1.82) is 0 Å².